The topological polar surface area (TPSA) is 65.4 Å². The third-order valence-corrected chi connectivity index (χ3v) is 4.33. The molecule has 6 heteroatoms. The van der Waals surface area contributed by atoms with E-state index >= 15 is 0 Å². The van der Waals surface area contributed by atoms with Gasteiger partial charge in [-0.2, -0.15) is 0 Å². The molecule has 0 aliphatic heterocycles. The molecule has 0 unspecified atom stereocenters. The maximum atomic E-state index is 11.3. The molecule has 3 aromatic rings. The standard InChI is InChI=1S/C21H25N3O3/c1-16(25)22-15-21-23-17-9-3-4-10-18(17)24(21)13-7-8-14-27-20-12-6-5-11-19(20)26-2/h3-6,9-12H,7-8,13-15H2,1-2H3,(H,22,25). The van der Waals surface area contributed by atoms with Gasteiger partial charge in [0.05, 0.1) is 31.3 Å². The van der Waals surface area contributed by atoms with Crippen LogP contribution < -0.4 is 14.8 Å². The molecule has 6 nitrogen and oxygen atoms in total. The first-order chi connectivity index (χ1) is 13.2. The van der Waals surface area contributed by atoms with Gasteiger partial charge in [-0.15, -0.1) is 0 Å². The number of rotatable bonds is 9. The van der Waals surface area contributed by atoms with Gasteiger partial charge in [0.2, 0.25) is 5.91 Å². The maximum Gasteiger partial charge on any atom is 0.217 e. The molecule has 1 heterocycles. The van der Waals surface area contributed by atoms with Crippen molar-refractivity contribution in [3.05, 3.63) is 54.4 Å². The number of hydrogen-bond donors (Lipinski definition) is 1. The van der Waals surface area contributed by atoms with E-state index in [-0.39, 0.29) is 5.91 Å². The predicted octanol–water partition coefficient (Wildman–Crippen LogP) is 3.54. The van der Waals surface area contributed by atoms with Crippen molar-refractivity contribution in [1.82, 2.24) is 14.9 Å². The van der Waals surface area contributed by atoms with Crippen molar-refractivity contribution in [1.29, 1.82) is 0 Å². The molecule has 1 amide bonds. The molecule has 27 heavy (non-hydrogen) atoms. The van der Waals surface area contributed by atoms with Gasteiger partial charge >= 0.3 is 0 Å². The Morgan fingerprint density at radius 1 is 1.07 bits per heavy atom. The number of amides is 1. The quantitative estimate of drug-likeness (QED) is 0.588. The first kappa shape index (κ1) is 18.8. The van der Waals surface area contributed by atoms with Crippen molar-refractivity contribution in [2.45, 2.75) is 32.9 Å². The molecule has 142 valence electrons. The van der Waals surface area contributed by atoms with Crippen molar-refractivity contribution < 1.29 is 14.3 Å². The first-order valence-electron chi connectivity index (χ1n) is 9.13. The molecule has 1 N–H and O–H groups in total. The highest BCUT2D eigenvalue weighted by molar-refractivity contribution is 5.76. The largest absolute Gasteiger partial charge is 0.493 e. The molecular formula is C21H25N3O3. The van der Waals surface area contributed by atoms with Crippen LogP contribution in [0, 0.1) is 0 Å². The highest BCUT2D eigenvalue weighted by atomic mass is 16.5. The van der Waals surface area contributed by atoms with Crippen molar-refractivity contribution in [3.8, 4) is 11.5 Å². The van der Waals surface area contributed by atoms with Crippen molar-refractivity contribution in [2.75, 3.05) is 13.7 Å². The van der Waals surface area contributed by atoms with E-state index in [1.807, 2.05) is 42.5 Å². The minimum Gasteiger partial charge on any atom is -0.493 e. The van der Waals surface area contributed by atoms with Crippen molar-refractivity contribution in [2.24, 2.45) is 0 Å². The molecule has 0 saturated carbocycles. The van der Waals surface area contributed by atoms with Crippen LogP contribution in [0.1, 0.15) is 25.6 Å². The van der Waals surface area contributed by atoms with Gasteiger partial charge in [0, 0.05) is 13.5 Å². The number of ether oxygens (including phenoxy) is 2. The van der Waals surface area contributed by atoms with Crippen LogP contribution in [0.3, 0.4) is 0 Å². The number of carbonyl (C=O) groups excluding carboxylic acids is 1. The summed E-state index contributed by atoms with van der Waals surface area (Å²) in [7, 11) is 1.64. The van der Waals surface area contributed by atoms with Gasteiger partial charge in [-0.25, -0.2) is 4.98 Å². The fraction of sp³-hybridized carbons (Fsp3) is 0.333. The van der Waals surface area contributed by atoms with E-state index in [9.17, 15) is 4.79 Å². The molecule has 0 bridgehead atoms. The fourth-order valence-corrected chi connectivity index (χ4v) is 3.01. The van der Waals surface area contributed by atoms with Crippen LogP contribution in [0.5, 0.6) is 11.5 Å². The average molecular weight is 367 g/mol. The Bertz CT molecular complexity index is 905. The summed E-state index contributed by atoms with van der Waals surface area (Å²) in [6, 6.07) is 15.7. The van der Waals surface area contributed by atoms with Gasteiger partial charge in [0.1, 0.15) is 5.82 Å². The minimum absolute atomic E-state index is 0.0567. The van der Waals surface area contributed by atoms with Crippen LogP contribution in [0.2, 0.25) is 0 Å². The molecule has 0 atom stereocenters. The van der Waals surface area contributed by atoms with Crippen LogP contribution in [-0.4, -0.2) is 29.2 Å². The van der Waals surface area contributed by atoms with Gasteiger partial charge in [-0.1, -0.05) is 24.3 Å². The summed E-state index contributed by atoms with van der Waals surface area (Å²) in [6.07, 6.45) is 1.85. The molecule has 0 spiro atoms. The molecule has 3 rings (SSSR count). The Balaban J connectivity index is 1.59. The lowest BCUT2D eigenvalue weighted by Crippen LogP contribution is -2.21. The van der Waals surface area contributed by atoms with E-state index in [1.54, 1.807) is 7.11 Å². The summed E-state index contributed by atoms with van der Waals surface area (Å²) in [4.78, 5) is 15.9. The van der Waals surface area contributed by atoms with E-state index in [4.69, 9.17) is 9.47 Å². The summed E-state index contributed by atoms with van der Waals surface area (Å²) < 4.78 is 13.3. The molecule has 1 aromatic heterocycles. The minimum atomic E-state index is -0.0567. The van der Waals surface area contributed by atoms with Crippen LogP contribution in [-0.2, 0) is 17.9 Å². The third kappa shape index (κ3) is 4.78. The zero-order valence-corrected chi connectivity index (χ0v) is 15.8. The molecular weight excluding hydrogens is 342 g/mol. The SMILES string of the molecule is COc1ccccc1OCCCCn1c(CNC(C)=O)nc2ccccc21. The van der Waals surface area contributed by atoms with Crippen molar-refractivity contribution >= 4 is 16.9 Å². The summed E-state index contributed by atoms with van der Waals surface area (Å²) >= 11 is 0. The van der Waals surface area contributed by atoms with Crippen LogP contribution in [0.4, 0.5) is 0 Å². The van der Waals surface area contributed by atoms with E-state index in [0.717, 1.165) is 47.7 Å². The number of nitrogens with zero attached hydrogens (tertiary/aromatic N) is 2. The molecule has 0 aliphatic rings. The zero-order chi connectivity index (χ0) is 19.1. The molecule has 0 saturated heterocycles. The highest BCUT2D eigenvalue weighted by Crippen LogP contribution is 2.26. The Morgan fingerprint density at radius 3 is 2.59 bits per heavy atom. The lowest BCUT2D eigenvalue weighted by Gasteiger charge is -2.12. The highest BCUT2D eigenvalue weighted by Gasteiger charge is 2.10. The molecule has 0 fully saturated rings. The number of para-hydroxylation sites is 4. The molecule has 2 aromatic carbocycles. The van der Waals surface area contributed by atoms with Gasteiger partial charge in [-0.3, -0.25) is 4.79 Å². The number of nitrogens with one attached hydrogen (secondary N) is 1. The van der Waals surface area contributed by atoms with Crippen molar-refractivity contribution in [3.63, 3.8) is 0 Å². The van der Waals surface area contributed by atoms with Gasteiger partial charge < -0.3 is 19.4 Å². The Kier molecular flexibility index (Phi) is 6.30. The number of aryl methyl sites for hydroxylation is 1. The molecule has 0 aliphatic carbocycles. The number of carbonyl (C=O) groups is 1. The van der Waals surface area contributed by atoms with Gasteiger partial charge in [0.25, 0.3) is 0 Å². The zero-order valence-electron chi connectivity index (χ0n) is 15.8. The fourth-order valence-electron chi connectivity index (χ4n) is 3.01. The van der Waals surface area contributed by atoms with E-state index in [0.29, 0.717) is 13.2 Å². The number of fused-ring (bicyclic) bond motifs is 1. The Hall–Kier alpha value is -3.02. The second kappa shape index (κ2) is 9.07. The monoisotopic (exact) mass is 367 g/mol. The van der Waals surface area contributed by atoms with Crippen LogP contribution >= 0.6 is 0 Å². The number of unbranched alkanes of at least 4 members (excludes halogenated alkanes) is 1. The number of benzene rings is 2. The maximum absolute atomic E-state index is 11.3. The lowest BCUT2D eigenvalue weighted by atomic mass is 10.3. The van der Waals surface area contributed by atoms with E-state index < -0.39 is 0 Å². The number of imidazole rings is 1. The number of methoxy groups -OCH3 is 1. The van der Waals surface area contributed by atoms with Gasteiger partial charge in [0.15, 0.2) is 11.5 Å². The molecule has 0 radical (unpaired) electrons. The number of hydrogen-bond acceptors (Lipinski definition) is 4. The van der Waals surface area contributed by atoms with Crippen LogP contribution in [0.15, 0.2) is 48.5 Å². The second-order valence-corrected chi connectivity index (χ2v) is 6.28. The lowest BCUT2D eigenvalue weighted by molar-refractivity contribution is -0.119. The second-order valence-electron chi connectivity index (χ2n) is 6.28. The van der Waals surface area contributed by atoms with E-state index in [1.165, 1.54) is 6.92 Å². The Labute approximate surface area is 159 Å². The average Bonchev–Trinajstić information content (AvgIpc) is 3.04. The first-order valence-corrected chi connectivity index (χ1v) is 9.13. The summed E-state index contributed by atoms with van der Waals surface area (Å²) in [5.74, 6) is 2.32. The third-order valence-electron chi connectivity index (χ3n) is 4.33. The predicted molar refractivity (Wildman–Crippen MR) is 105 cm³/mol. The summed E-state index contributed by atoms with van der Waals surface area (Å²) in [5, 5.41) is 2.84. The number of aromatic nitrogens is 2. The van der Waals surface area contributed by atoms with Gasteiger partial charge in [-0.05, 0) is 37.1 Å². The Morgan fingerprint density at radius 2 is 1.81 bits per heavy atom. The normalized spacial score (nSPS) is 10.7. The smallest absolute Gasteiger partial charge is 0.217 e. The van der Waals surface area contributed by atoms with Crippen LogP contribution in [0.25, 0.3) is 11.0 Å². The van der Waals surface area contributed by atoms with E-state index in [2.05, 4.69) is 20.9 Å². The summed E-state index contributed by atoms with van der Waals surface area (Å²) in [5.41, 5.74) is 2.03. The summed E-state index contributed by atoms with van der Waals surface area (Å²) in [6.45, 7) is 3.39.